The average molecular weight is 243 g/mol. The number of nitrogens with one attached hydrogen (secondary N) is 1. The van der Waals surface area contributed by atoms with Crippen LogP contribution in [0.5, 0.6) is 0 Å². The van der Waals surface area contributed by atoms with Crippen molar-refractivity contribution in [3.05, 3.63) is 30.3 Å². The van der Waals surface area contributed by atoms with Gasteiger partial charge >= 0.3 is 5.30 Å². The average Bonchev–Trinajstić information content (AvgIpc) is 2.27. The number of hydrogen-bond donors (Lipinski definition) is 1. The van der Waals surface area contributed by atoms with E-state index in [1.807, 2.05) is 18.2 Å². The van der Waals surface area contributed by atoms with Gasteiger partial charge in [-0.15, -0.1) is 0 Å². The van der Waals surface area contributed by atoms with Crippen LogP contribution in [0.15, 0.2) is 30.3 Å². The van der Waals surface area contributed by atoms with Crippen molar-refractivity contribution >= 4 is 37.8 Å². The van der Waals surface area contributed by atoms with Gasteiger partial charge in [0.15, 0.2) is 0 Å². The van der Waals surface area contributed by atoms with Crippen LogP contribution in [-0.2, 0) is 4.74 Å². The standard InChI is InChI=1S/C9H9NO3S2/c1-13-9(12)15-14-8(11)10-7-5-3-2-4-6-7/h2-6H,1H3,(H,10,11). The second-order valence-electron chi connectivity index (χ2n) is 2.40. The summed E-state index contributed by atoms with van der Waals surface area (Å²) in [7, 11) is 2.81. The molecule has 6 heteroatoms. The molecule has 1 aromatic rings. The number of ether oxygens (including phenoxy) is 1. The lowest BCUT2D eigenvalue weighted by Crippen LogP contribution is -2.03. The maximum Gasteiger partial charge on any atom is 0.378 e. The van der Waals surface area contributed by atoms with Crippen LogP contribution in [0.25, 0.3) is 0 Å². The number of methoxy groups -OCH3 is 1. The summed E-state index contributed by atoms with van der Waals surface area (Å²) in [6.45, 7) is 0. The monoisotopic (exact) mass is 243 g/mol. The van der Waals surface area contributed by atoms with Crippen LogP contribution < -0.4 is 5.32 Å². The van der Waals surface area contributed by atoms with Crippen molar-refractivity contribution < 1.29 is 14.3 Å². The number of anilines is 1. The molecule has 0 bridgehead atoms. The quantitative estimate of drug-likeness (QED) is 0.605. The second-order valence-corrected chi connectivity index (χ2v) is 4.44. The number of para-hydroxylation sites is 1. The Kier molecular flexibility index (Phi) is 5.06. The lowest BCUT2D eigenvalue weighted by molar-refractivity contribution is 0.200. The van der Waals surface area contributed by atoms with E-state index in [4.69, 9.17) is 0 Å². The molecule has 0 atom stereocenters. The Hall–Kier alpha value is -1.14. The Morgan fingerprint density at radius 2 is 1.87 bits per heavy atom. The highest BCUT2D eigenvalue weighted by molar-refractivity contribution is 8.87. The maximum absolute atomic E-state index is 11.3. The molecule has 0 aliphatic heterocycles. The molecule has 1 N–H and O–H groups in total. The molecule has 0 aromatic heterocycles. The summed E-state index contributed by atoms with van der Waals surface area (Å²) < 4.78 is 4.37. The molecule has 0 fully saturated rings. The van der Waals surface area contributed by atoms with Gasteiger partial charge in [-0.1, -0.05) is 18.2 Å². The summed E-state index contributed by atoms with van der Waals surface area (Å²) in [5.41, 5.74) is 0.695. The van der Waals surface area contributed by atoms with Gasteiger partial charge in [0.2, 0.25) is 0 Å². The molecule has 0 aliphatic carbocycles. The molecule has 0 radical (unpaired) electrons. The molecule has 80 valence electrons. The molecule has 0 saturated heterocycles. The maximum atomic E-state index is 11.3. The van der Waals surface area contributed by atoms with Gasteiger partial charge in [-0.05, 0) is 12.1 Å². The van der Waals surface area contributed by atoms with E-state index in [9.17, 15) is 9.59 Å². The molecule has 4 nitrogen and oxygen atoms in total. The van der Waals surface area contributed by atoms with Crippen LogP contribution in [0.3, 0.4) is 0 Å². The first-order valence-electron chi connectivity index (χ1n) is 4.01. The molecule has 1 rings (SSSR count). The summed E-state index contributed by atoms with van der Waals surface area (Å²) in [6.07, 6.45) is 0. The third-order valence-electron chi connectivity index (χ3n) is 1.37. The highest BCUT2D eigenvalue weighted by Crippen LogP contribution is 2.25. The molecule has 0 heterocycles. The molecule has 1 amide bonds. The molecular weight excluding hydrogens is 234 g/mol. The molecule has 0 unspecified atom stereocenters. The summed E-state index contributed by atoms with van der Waals surface area (Å²) in [6, 6.07) is 9.01. The van der Waals surface area contributed by atoms with E-state index in [2.05, 4.69) is 10.1 Å². The Labute approximate surface area is 95.2 Å². The molecular formula is C9H9NO3S2. The van der Waals surface area contributed by atoms with E-state index < -0.39 is 5.30 Å². The fraction of sp³-hybridized carbons (Fsp3) is 0.111. The lowest BCUT2D eigenvalue weighted by atomic mass is 10.3. The lowest BCUT2D eigenvalue weighted by Gasteiger charge is -2.02. The first kappa shape index (κ1) is 11.9. The second kappa shape index (κ2) is 6.36. The van der Waals surface area contributed by atoms with Crippen LogP contribution in [0, 0.1) is 0 Å². The molecule has 1 aromatic carbocycles. The Morgan fingerprint density at radius 3 is 2.47 bits per heavy atom. The summed E-state index contributed by atoms with van der Waals surface area (Å²) in [5.74, 6) is 0. The van der Waals surface area contributed by atoms with E-state index in [0.717, 1.165) is 21.6 Å². The van der Waals surface area contributed by atoms with Crippen molar-refractivity contribution in [2.75, 3.05) is 12.4 Å². The topological polar surface area (TPSA) is 55.4 Å². The Balaban J connectivity index is 2.34. The highest BCUT2D eigenvalue weighted by Gasteiger charge is 2.08. The SMILES string of the molecule is COC(=O)SSC(=O)Nc1ccccc1. The van der Waals surface area contributed by atoms with E-state index in [1.165, 1.54) is 7.11 Å². The predicted molar refractivity (Wildman–Crippen MR) is 63.0 cm³/mol. The van der Waals surface area contributed by atoms with Crippen molar-refractivity contribution in [1.29, 1.82) is 0 Å². The van der Waals surface area contributed by atoms with Crippen LogP contribution in [0.1, 0.15) is 0 Å². The van der Waals surface area contributed by atoms with Crippen molar-refractivity contribution in [1.82, 2.24) is 0 Å². The summed E-state index contributed by atoms with van der Waals surface area (Å²) in [5, 5.41) is 1.81. The van der Waals surface area contributed by atoms with Crippen molar-refractivity contribution in [3.63, 3.8) is 0 Å². The largest absolute Gasteiger partial charge is 0.460 e. The van der Waals surface area contributed by atoms with E-state index in [0.29, 0.717) is 5.69 Å². The highest BCUT2D eigenvalue weighted by atomic mass is 33.1. The smallest absolute Gasteiger partial charge is 0.378 e. The summed E-state index contributed by atoms with van der Waals surface area (Å²) in [4.78, 5) is 22.0. The van der Waals surface area contributed by atoms with Gasteiger partial charge in [-0.25, -0.2) is 4.79 Å². The predicted octanol–water partition coefficient (Wildman–Crippen LogP) is 3.37. The van der Waals surface area contributed by atoms with Gasteiger partial charge in [0.1, 0.15) is 0 Å². The van der Waals surface area contributed by atoms with E-state index in [1.54, 1.807) is 12.1 Å². The van der Waals surface area contributed by atoms with Gasteiger partial charge in [0, 0.05) is 27.3 Å². The van der Waals surface area contributed by atoms with Gasteiger partial charge in [-0.3, -0.25) is 4.79 Å². The minimum absolute atomic E-state index is 0.309. The fourth-order valence-electron chi connectivity index (χ4n) is 0.766. The van der Waals surface area contributed by atoms with Gasteiger partial charge in [0.05, 0.1) is 7.11 Å². The van der Waals surface area contributed by atoms with Crippen LogP contribution >= 0.6 is 21.6 Å². The zero-order valence-corrected chi connectivity index (χ0v) is 9.56. The Morgan fingerprint density at radius 1 is 1.20 bits per heavy atom. The fourth-order valence-corrected chi connectivity index (χ4v) is 1.90. The molecule has 15 heavy (non-hydrogen) atoms. The number of rotatable bonds is 1. The first-order chi connectivity index (χ1) is 7.22. The minimum atomic E-state index is -0.497. The third-order valence-corrected chi connectivity index (χ3v) is 3.12. The normalized spacial score (nSPS) is 9.40. The third kappa shape index (κ3) is 4.75. The van der Waals surface area contributed by atoms with E-state index in [-0.39, 0.29) is 5.24 Å². The van der Waals surface area contributed by atoms with Gasteiger partial charge in [0.25, 0.3) is 5.24 Å². The number of amides is 1. The number of carbonyl (C=O) groups is 2. The van der Waals surface area contributed by atoms with Crippen molar-refractivity contribution in [2.24, 2.45) is 0 Å². The van der Waals surface area contributed by atoms with Crippen molar-refractivity contribution in [3.8, 4) is 0 Å². The molecule has 0 saturated carbocycles. The number of carbonyl (C=O) groups excluding carboxylic acids is 2. The van der Waals surface area contributed by atoms with Crippen LogP contribution in [0.4, 0.5) is 15.3 Å². The number of hydrogen-bond acceptors (Lipinski definition) is 5. The molecule has 0 spiro atoms. The van der Waals surface area contributed by atoms with Gasteiger partial charge in [-0.2, -0.15) is 0 Å². The van der Waals surface area contributed by atoms with E-state index >= 15 is 0 Å². The Bertz CT molecular complexity index is 342. The van der Waals surface area contributed by atoms with Crippen LogP contribution in [-0.4, -0.2) is 17.7 Å². The minimum Gasteiger partial charge on any atom is -0.460 e. The number of benzene rings is 1. The summed E-state index contributed by atoms with van der Waals surface area (Å²) >= 11 is 0. The zero-order valence-electron chi connectivity index (χ0n) is 7.93. The zero-order chi connectivity index (χ0) is 11.1. The van der Waals surface area contributed by atoms with Crippen LogP contribution in [0.2, 0.25) is 0 Å². The first-order valence-corrected chi connectivity index (χ1v) is 6.16. The molecule has 0 aliphatic rings. The van der Waals surface area contributed by atoms with Crippen molar-refractivity contribution in [2.45, 2.75) is 0 Å². The van der Waals surface area contributed by atoms with Gasteiger partial charge < -0.3 is 10.1 Å².